The van der Waals surface area contributed by atoms with E-state index in [2.05, 4.69) is 10.5 Å². The molecule has 0 unspecified atom stereocenters. The Bertz CT molecular complexity index is 767. The second kappa shape index (κ2) is 7.92. The molecule has 2 N–H and O–H groups in total. The molecule has 0 atom stereocenters. The van der Waals surface area contributed by atoms with Crippen molar-refractivity contribution in [2.24, 2.45) is 5.10 Å². The molecule has 0 radical (unpaired) electrons. The number of carboxylic acid groups (broad SMARTS) is 1. The largest absolute Gasteiger partial charge is 0.484 e. The van der Waals surface area contributed by atoms with Gasteiger partial charge in [0.25, 0.3) is 5.91 Å². The molecule has 0 spiro atoms. The van der Waals surface area contributed by atoms with Crippen LogP contribution in [0.5, 0.6) is 5.75 Å². The molecule has 124 valence electrons. The van der Waals surface area contributed by atoms with Crippen LogP contribution in [0.4, 0.5) is 0 Å². The van der Waals surface area contributed by atoms with Crippen LogP contribution in [0, 0.1) is 13.8 Å². The molecule has 0 aliphatic carbocycles. The van der Waals surface area contributed by atoms with E-state index in [0.717, 1.165) is 11.1 Å². The van der Waals surface area contributed by atoms with Gasteiger partial charge in [-0.1, -0.05) is 18.2 Å². The van der Waals surface area contributed by atoms with Crippen molar-refractivity contribution in [1.82, 2.24) is 5.43 Å². The fourth-order valence-electron chi connectivity index (χ4n) is 1.88. The fourth-order valence-corrected chi connectivity index (χ4v) is 1.88. The first-order chi connectivity index (χ1) is 11.5. The summed E-state index contributed by atoms with van der Waals surface area (Å²) in [6.45, 7) is 3.84. The SMILES string of the molecule is Cc1ccc(OCC(=O)N/N=C\c2ccc(C(=O)O)cc2)cc1C. The number of ether oxygens (including phenoxy) is 1. The number of nitrogens with one attached hydrogen (secondary N) is 1. The predicted molar refractivity (Wildman–Crippen MR) is 90.5 cm³/mol. The Morgan fingerprint density at radius 1 is 1.12 bits per heavy atom. The van der Waals surface area contributed by atoms with Crippen molar-refractivity contribution in [3.63, 3.8) is 0 Å². The Balaban J connectivity index is 1.81. The van der Waals surface area contributed by atoms with E-state index in [1.165, 1.54) is 18.3 Å². The third-order valence-corrected chi connectivity index (χ3v) is 3.41. The Hall–Kier alpha value is -3.15. The van der Waals surface area contributed by atoms with Crippen molar-refractivity contribution in [2.75, 3.05) is 6.61 Å². The monoisotopic (exact) mass is 326 g/mol. The summed E-state index contributed by atoms with van der Waals surface area (Å²) in [4.78, 5) is 22.4. The highest BCUT2D eigenvalue weighted by atomic mass is 16.5. The number of carbonyl (C=O) groups is 2. The Labute approximate surface area is 139 Å². The van der Waals surface area contributed by atoms with Gasteiger partial charge in [-0.2, -0.15) is 5.10 Å². The fraction of sp³-hybridized carbons (Fsp3) is 0.167. The van der Waals surface area contributed by atoms with Crippen LogP contribution in [-0.4, -0.2) is 29.8 Å². The highest BCUT2D eigenvalue weighted by molar-refractivity contribution is 5.89. The van der Waals surface area contributed by atoms with Gasteiger partial charge >= 0.3 is 5.97 Å². The van der Waals surface area contributed by atoms with Crippen molar-refractivity contribution < 1.29 is 19.4 Å². The molecule has 2 rings (SSSR count). The van der Waals surface area contributed by atoms with Crippen LogP contribution in [0.15, 0.2) is 47.6 Å². The molecule has 0 heterocycles. The lowest BCUT2D eigenvalue weighted by Gasteiger charge is -2.07. The number of aryl methyl sites for hydroxylation is 2. The second-order valence-corrected chi connectivity index (χ2v) is 5.26. The van der Waals surface area contributed by atoms with Crippen molar-refractivity contribution in [3.05, 3.63) is 64.7 Å². The Morgan fingerprint density at radius 3 is 2.46 bits per heavy atom. The van der Waals surface area contributed by atoms with E-state index in [9.17, 15) is 9.59 Å². The molecule has 6 nitrogen and oxygen atoms in total. The normalized spacial score (nSPS) is 10.6. The quantitative estimate of drug-likeness (QED) is 0.631. The topological polar surface area (TPSA) is 88.0 Å². The molecule has 24 heavy (non-hydrogen) atoms. The summed E-state index contributed by atoms with van der Waals surface area (Å²) in [5.74, 6) is -0.747. The van der Waals surface area contributed by atoms with Crippen LogP contribution in [0.2, 0.25) is 0 Å². The van der Waals surface area contributed by atoms with Gasteiger partial charge in [-0.3, -0.25) is 4.79 Å². The van der Waals surface area contributed by atoms with Crippen LogP contribution in [0.25, 0.3) is 0 Å². The molecule has 0 saturated heterocycles. The van der Waals surface area contributed by atoms with E-state index in [1.54, 1.807) is 12.1 Å². The predicted octanol–water partition coefficient (Wildman–Crippen LogP) is 2.53. The molecule has 1 amide bonds. The maximum absolute atomic E-state index is 11.7. The zero-order valence-corrected chi connectivity index (χ0v) is 13.4. The first-order valence-corrected chi connectivity index (χ1v) is 7.31. The number of nitrogens with zero attached hydrogens (tertiary/aromatic N) is 1. The van der Waals surface area contributed by atoms with E-state index in [-0.39, 0.29) is 18.1 Å². The van der Waals surface area contributed by atoms with Crippen molar-refractivity contribution >= 4 is 18.1 Å². The number of rotatable bonds is 6. The summed E-state index contributed by atoms with van der Waals surface area (Å²) in [6, 6.07) is 11.7. The number of benzene rings is 2. The summed E-state index contributed by atoms with van der Waals surface area (Å²) in [6.07, 6.45) is 1.43. The Kier molecular flexibility index (Phi) is 5.68. The summed E-state index contributed by atoms with van der Waals surface area (Å²) in [5.41, 5.74) is 5.47. The summed E-state index contributed by atoms with van der Waals surface area (Å²) in [7, 11) is 0. The van der Waals surface area contributed by atoms with Gasteiger partial charge in [-0.25, -0.2) is 10.2 Å². The molecule has 2 aromatic rings. The highest BCUT2D eigenvalue weighted by Crippen LogP contribution is 2.16. The summed E-state index contributed by atoms with van der Waals surface area (Å²) >= 11 is 0. The van der Waals surface area contributed by atoms with Crippen molar-refractivity contribution in [3.8, 4) is 5.75 Å². The van der Waals surface area contributed by atoms with E-state index in [4.69, 9.17) is 9.84 Å². The first kappa shape index (κ1) is 17.2. The van der Waals surface area contributed by atoms with Gasteiger partial charge in [0, 0.05) is 0 Å². The zero-order valence-electron chi connectivity index (χ0n) is 13.4. The number of aromatic carboxylic acids is 1. The average molecular weight is 326 g/mol. The van der Waals surface area contributed by atoms with Gasteiger partial charge in [0.05, 0.1) is 11.8 Å². The number of hydrazone groups is 1. The molecule has 0 aromatic heterocycles. The van der Waals surface area contributed by atoms with Gasteiger partial charge < -0.3 is 9.84 Å². The van der Waals surface area contributed by atoms with Gasteiger partial charge in [-0.05, 0) is 54.8 Å². The van der Waals surface area contributed by atoms with Gasteiger partial charge in [-0.15, -0.1) is 0 Å². The van der Waals surface area contributed by atoms with E-state index >= 15 is 0 Å². The highest BCUT2D eigenvalue weighted by Gasteiger charge is 2.03. The smallest absolute Gasteiger partial charge is 0.335 e. The molecule has 0 fully saturated rings. The molecular formula is C18H18N2O4. The number of hydrogen-bond donors (Lipinski definition) is 2. The summed E-state index contributed by atoms with van der Waals surface area (Å²) in [5, 5.41) is 12.6. The van der Waals surface area contributed by atoms with Gasteiger partial charge in [0.1, 0.15) is 5.75 Å². The van der Waals surface area contributed by atoms with Gasteiger partial charge in [0.15, 0.2) is 6.61 Å². The minimum atomic E-state index is -0.990. The number of carbonyl (C=O) groups excluding carboxylic acids is 1. The van der Waals surface area contributed by atoms with E-state index in [0.29, 0.717) is 11.3 Å². The van der Waals surface area contributed by atoms with Crippen LogP contribution >= 0.6 is 0 Å². The van der Waals surface area contributed by atoms with Crippen LogP contribution < -0.4 is 10.2 Å². The molecule has 6 heteroatoms. The van der Waals surface area contributed by atoms with Gasteiger partial charge in [0.2, 0.25) is 0 Å². The lowest BCUT2D eigenvalue weighted by Crippen LogP contribution is -2.24. The standard InChI is InChI=1S/C18H18N2O4/c1-12-3-8-16(9-13(12)2)24-11-17(21)20-19-10-14-4-6-15(7-5-14)18(22)23/h3-10H,11H2,1-2H3,(H,20,21)(H,22,23)/b19-10-. The minimum Gasteiger partial charge on any atom is -0.484 e. The molecule has 0 saturated carbocycles. The number of carboxylic acids is 1. The van der Waals surface area contributed by atoms with Crippen LogP contribution in [0.1, 0.15) is 27.0 Å². The molecule has 0 aliphatic heterocycles. The molecule has 0 aliphatic rings. The molecular weight excluding hydrogens is 308 g/mol. The second-order valence-electron chi connectivity index (χ2n) is 5.26. The average Bonchev–Trinajstić information content (AvgIpc) is 2.56. The summed E-state index contributed by atoms with van der Waals surface area (Å²) < 4.78 is 5.40. The zero-order chi connectivity index (χ0) is 17.5. The van der Waals surface area contributed by atoms with Crippen LogP contribution in [0.3, 0.4) is 0 Å². The maximum atomic E-state index is 11.7. The molecule has 2 aromatic carbocycles. The lowest BCUT2D eigenvalue weighted by atomic mass is 10.1. The lowest BCUT2D eigenvalue weighted by molar-refractivity contribution is -0.123. The maximum Gasteiger partial charge on any atom is 0.335 e. The van der Waals surface area contributed by atoms with E-state index in [1.807, 2.05) is 32.0 Å². The third-order valence-electron chi connectivity index (χ3n) is 3.41. The third kappa shape index (κ3) is 4.95. The number of amides is 1. The minimum absolute atomic E-state index is 0.141. The molecule has 0 bridgehead atoms. The first-order valence-electron chi connectivity index (χ1n) is 7.31. The van der Waals surface area contributed by atoms with Crippen LogP contribution in [-0.2, 0) is 4.79 Å². The van der Waals surface area contributed by atoms with Crippen molar-refractivity contribution in [1.29, 1.82) is 0 Å². The Morgan fingerprint density at radius 2 is 1.83 bits per heavy atom. The van der Waals surface area contributed by atoms with E-state index < -0.39 is 5.97 Å². The number of hydrogen-bond acceptors (Lipinski definition) is 4. The van der Waals surface area contributed by atoms with Crippen molar-refractivity contribution in [2.45, 2.75) is 13.8 Å².